The number of H-pyrrole nitrogens is 1. The number of carbonyl (C=O) groups is 2. The van der Waals surface area contributed by atoms with E-state index in [0.29, 0.717) is 30.9 Å². The van der Waals surface area contributed by atoms with E-state index < -0.39 is 6.04 Å². The molecule has 0 spiro atoms. The van der Waals surface area contributed by atoms with Gasteiger partial charge in [-0.05, 0) is 31.5 Å². The van der Waals surface area contributed by atoms with Gasteiger partial charge in [0.15, 0.2) is 0 Å². The number of benzene rings is 1. The van der Waals surface area contributed by atoms with Crippen LogP contribution in [0.2, 0.25) is 0 Å². The van der Waals surface area contributed by atoms with Crippen molar-refractivity contribution >= 4 is 11.8 Å². The lowest BCUT2D eigenvalue weighted by atomic mass is 10.0. The zero-order valence-electron chi connectivity index (χ0n) is 15.9. The molecule has 1 saturated heterocycles. The summed E-state index contributed by atoms with van der Waals surface area (Å²) in [7, 11) is 1.61. The number of rotatable bonds is 5. The predicted octanol–water partition coefficient (Wildman–Crippen LogP) is 0.906. The molecule has 1 aliphatic heterocycles. The number of nitrogens with two attached hydrogens (primary N) is 1. The van der Waals surface area contributed by atoms with Gasteiger partial charge >= 0.3 is 0 Å². The van der Waals surface area contributed by atoms with Crippen LogP contribution in [0.15, 0.2) is 24.3 Å². The quantitative estimate of drug-likeness (QED) is 0.813. The second-order valence-corrected chi connectivity index (χ2v) is 6.75. The second kappa shape index (κ2) is 7.79. The standard InChI is InChI=1S/C19H25N5O3/c1-12-17(13(2)22-21-12)18(20)19(26)24-8-7-23(16(25)11-24)10-14-5-4-6-15(9-14)27-3/h4-6,9,18H,7-8,10-11,20H2,1-3H3,(H,21,22). The molecule has 0 bridgehead atoms. The van der Waals surface area contributed by atoms with E-state index in [1.165, 1.54) is 4.90 Å². The maximum atomic E-state index is 12.8. The molecule has 1 fully saturated rings. The molecule has 1 aliphatic rings. The summed E-state index contributed by atoms with van der Waals surface area (Å²) in [6, 6.07) is 6.80. The summed E-state index contributed by atoms with van der Waals surface area (Å²) in [5.74, 6) is 0.410. The van der Waals surface area contributed by atoms with Gasteiger partial charge in [-0.1, -0.05) is 12.1 Å². The first-order valence-corrected chi connectivity index (χ1v) is 8.87. The summed E-state index contributed by atoms with van der Waals surface area (Å²) in [6.45, 7) is 5.09. The van der Waals surface area contributed by atoms with Crippen molar-refractivity contribution in [3.8, 4) is 5.75 Å². The number of carbonyl (C=O) groups excluding carboxylic acids is 2. The third-order valence-corrected chi connectivity index (χ3v) is 4.90. The number of piperazine rings is 1. The molecule has 2 aromatic rings. The molecule has 0 aliphatic carbocycles. The average Bonchev–Trinajstić information content (AvgIpc) is 3.00. The van der Waals surface area contributed by atoms with Gasteiger partial charge in [0.2, 0.25) is 11.8 Å². The van der Waals surface area contributed by atoms with E-state index in [2.05, 4.69) is 10.2 Å². The molecule has 144 valence electrons. The summed E-state index contributed by atoms with van der Waals surface area (Å²) in [5.41, 5.74) is 9.33. The van der Waals surface area contributed by atoms with E-state index in [1.54, 1.807) is 12.0 Å². The molecule has 3 N–H and O–H groups in total. The summed E-state index contributed by atoms with van der Waals surface area (Å²) in [5, 5.41) is 6.93. The minimum Gasteiger partial charge on any atom is -0.497 e. The summed E-state index contributed by atoms with van der Waals surface area (Å²) in [4.78, 5) is 28.6. The van der Waals surface area contributed by atoms with Gasteiger partial charge in [0, 0.05) is 30.9 Å². The van der Waals surface area contributed by atoms with Gasteiger partial charge in [-0.25, -0.2) is 0 Å². The lowest BCUT2D eigenvalue weighted by Crippen LogP contribution is -2.53. The van der Waals surface area contributed by atoms with Gasteiger partial charge in [-0.3, -0.25) is 14.7 Å². The number of aromatic amines is 1. The number of hydrogen-bond acceptors (Lipinski definition) is 5. The largest absolute Gasteiger partial charge is 0.497 e. The zero-order chi connectivity index (χ0) is 19.6. The lowest BCUT2D eigenvalue weighted by Gasteiger charge is -2.35. The number of nitrogens with zero attached hydrogens (tertiary/aromatic N) is 3. The molecule has 3 rings (SSSR count). The molecule has 1 aromatic heterocycles. The highest BCUT2D eigenvalue weighted by Gasteiger charge is 2.32. The smallest absolute Gasteiger partial charge is 0.244 e. The molecule has 8 heteroatoms. The molecular weight excluding hydrogens is 346 g/mol. The maximum absolute atomic E-state index is 12.8. The summed E-state index contributed by atoms with van der Waals surface area (Å²) >= 11 is 0. The number of hydrogen-bond donors (Lipinski definition) is 2. The van der Waals surface area contributed by atoms with Gasteiger partial charge in [0.05, 0.1) is 19.3 Å². The van der Waals surface area contributed by atoms with Gasteiger partial charge in [-0.15, -0.1) is 0 Å². The normalized spacial score (nSPS) is 15.8. The number of ether oxygens (including phenoxy) is 1. The highest BCUT2D eigenvalue weighted by atomic mass is 16.5. The molecule has 0 radical (unpaired) electrons. The second-order valence-electron chi connectivity index (χ2n) is 6.75. The first-order valence-electron chi connectivity index (χ1n) is 8.87. The van der Waals surface area contributed by atoms with Crippen LogP contribution in [0.5, 0.6) is 5.75 Å². The van der Waals surface area contributed by atoms with Crippen LogP contribution in [0.3, 0.4) is 0 Å². The lowest BCUT2D eigenvalue weighted by molar-refractivity contribution is -0.146. The fraction of sp³-hybridized carbons (Fsp3) is 0.421. The molecule has 1 unspecified atom stereocenters. The molecule has 8 nitrogen and oxygen atoms in total. The maximum Gasteiger partial charge on any atom is 0.244 e. The van der Waals surface area contributed by atoms with Gasteiger partial charge < -0.3 is 20.3 Å². The molecular formula is C19H25N5O3. The van der Waals surface area contributed by atoms with Crippen molar-refractivity contribution in [2.24, 2.45) is 5.73 Å². The number of aromatic nitrogens is 2. The van der Waals surface area contributed by atoms with E-state index in [1.807, 2.05) is 38.1 Å². The van der Waals surface area contributed by atoms with E-state index in [9.17, 15) is 9.59 Å². The van der Waals surface area contributed by atoms with Crippen molar-refractivity contribution in [1.82, 2.24) is 20.0 Å². The minimum atomic E-state index is -0.818. The van der Waals surface area contributed by atoms with Crippen LogP contribution in [0.25, 0.3) is 0 Å². The average molecular weight is 371 g/mol. The van der Waals surface area contributed by atoms with Crippen molar-refractivity contribution in [3.63, 3.8) is 0 Å². The minimum absolute atomic E-state index is 0.0342. The van der Waals surface area contributed by atoms with Gasteiger partial charge in [0.25, 0.3) is 0 Å². The van der Waals surface area contributed by atoms with Crippen LogP contribution in [-0.4, -0.2) is 58.6 Å². The van der Waals surface area contributed by atoms with Crippen molar-refractivity contribution in [1.29, 1.82) is 0 Å². The SMILES string of the molecule is COc1cccc(CN2CCN(C(=O)C(N)c3c(C)n[nH]c3C)CC2=O)c1. The summed E-state index contributed by atoms with van der Waals surface area (Å²) in [6.07, 6.45) is 0. The monoisotopic (exact) mass is 371 g/mol. The summed E-state index contributed by atoms with van der Waals surface area (Å²) < 4.78 is 5.22. The molecule has 2 amide bonds. The Bertz CT molecular complexity index is 828. The Hall–Kier alpha value is -2.87. The highest BCUT2D eigenvalue weighted by molar-refractivity contribution is 5.89. The van der Waals surface area contributed by atoms with Crippen LogP contribution in [0.1, 0.15) is 28.6 Å². The fourth-order valence-electron chi connectivity index (χ4n) is 3.39. The van der Waals surface area contributed by atoms with Crippen molar-refractivity contribution < 1.29 is 14.3 Å². The van der Waals surface area contributed by atoms with Gasteiger partial charge in [-0.2, -0.15) is 5.10 Å². The Morgan fingerprint density at radius 3 is 2.78 bits per heavy atom. The van der Waals surface area contributed by atoms with Crippen LogP contribution < -0.4 is 10.5 Å². The van der Waals surface area contributed by atoms with Crippen LogP contribution >= 0.6 is 0 Å². The number of aryl methyl sites for hydroxylation is 2. The number of amides is 2. The molecule has 1 aromatic carbocycles. The third-order valence-electron chi connectivity index (χ3n) is 4.90. The Kier molecular flexibility index (Phi) is 5.46. The van der Waals surface area contributed by atoms with E-state index >= 15 is 0 Å². The van der Waals surface area contributed by atoms with E-state index in [0.717, 1.165) is 17.0 Å². The Labute approximate surface area is 158 Å². The molecule has 0 saturated carbocycles. The molecule has 1 atom stereocenters. The number of nitrogens with one attached hydrogen (secondary N) is 1. The van der Waals surface area contributed by atoms with Crippen LogP contribution in [-0.2, 0) is 16.1 Å². The Morgan fingerprint density at radius 2 is 2.15 bits per heavy atom. The topological polar surface area (TPSA) is 105 Å². The number of methoxy groups -OCH3 is 1. The van der Waals surface area contributed by atoms with Crippen molar-refractivity contribution in [3.05, 3.63) is 46.8 Å². The molecule has 2 heterocycles. The van der Waals surface area contributed by atoms with Gasteiger partial charge in [0.1, 0.15) is 11.8 Å². The molecule has 27 heavy (non-hydrogen) atoms. The van der Waals surface area contributed by atoms with Crippen molar-refractivity contribution in [2.45, 2.75) is 26.4 Å². The zero-order valence-corrected chi connectivity index (χ0v) is 15.9. The first-order chi connectivity index (χ1) is 12.9. The Balaban J connectivity index is 1.64. The van der Waals surface area contributed by atoms with Crippen molar-refractivity contribution in [2.75, 3.05) is 26.7 Å². The van der Waals surface area contributed by atoms with E-state index in [4.69, 9.17) is 10.5 Å². The predicted molar refractivity (Wildman–Crippen MR) is 100.0 cm³/mol. The van der Waals surface area contributed by atoms with Crippen LogP contribution in [0, 0.1) is 13.8 Å². The van der Waals surface area contributed by atoms with Crippen LogP contribution in [0.4, 0.5) is 0 Å². The first kappa shape index (κ1) is 18.9. The Morgan fingerprint density at radius 1 is 1.37 bits per heavy atom. The highest BCUT2D eigenvalue weighted by Crippen LogP contribution is 2.21. The van der Waals surface area contributed by atoms with E-state index in [-0.39, 0.29) is 18.4 Å². The third kappa shape index (κ3) is 3.95. The fourth-order valence-corrected chi connectivity index (χ4v) is 3.39.